The molecule has 0 aliphatic carbocycles. The Morgan fingerprint density at radius 3 is 2.60 bits per heavy atom. The zero-order valence-electron chi connectivity index (χ0n) is 16.4. The molecule has 0 saturated heterocycles. The van der Waals surface area contributed by atoms with E-state index >= 15 is 0 Å². The van der Waals surface area contributed by atoms with Crippen molar-refractivity contribution in [1.29, 1.82) is 0 Å². The number of rotatable bonds is 4. The van der Waals surface area contributed by atoms with E-state index < -0.39 is 11.7 Å². The van der Waals surface area contributed by atoms with Crippen LogP contribution in [0.1, 0.15) is 35.2 Å². The maximum Gasteiger partial charge on any atom is 0.418 e. The molecule has 2 heterocycles. The van der Waals surface area contributed by atoms with E-state index in [0.717, 1.165) is 47.9 Å². The summed E-state index contributed by atoms with van der Waals surface area (Å²) in [6.07, 6.45) is -1.35. The number of hydrogen-bond donors (Lipinski definition) is 1. The van der Waals surface area contributed by atoms with Crippen LogP contribution in [0.25, 0.3) is 5.69 Å². The Morgan fingerprint density at radius 1 is 1.13 bits per heavy atom. The highest BCUT2D eigenvalue weighted by Crippen LogP contribution is 2.38. The van der Waals surface area contributed by atoms with Gasteiger partial charge in [-0.15, -0.1) is 0 Å². The molecule has 2 aromatic carbocycles. The number of anilines is 1. The third-order valence-electron chi connectivity index (χ3n) is 5.24. The van der Waals surface area contributed by atoms with E-state index in [9.17, 15) is 13.2 Å². The van der Waals surface area contributed by atoms with Crippen molar-refractivity contribution in [3.63, 3.8) is 0 Å². The minimum atomic E-state index is -4.54. The quantitative estimate of drug-likeness (QED) is 0.555. The fourth-order valence-electron chi connectivity index (χ4n) is 3.75. The molecular formula is C22H21ClF3N3O. The van der Waals surface area contributed by atoms with Gasteiger partial charge >= 0.3 is 6.18 Å². The Balaban J connectivity index is 1.82. The first kappa shape index (κ1) is 20.6. The topological polar surface area (TPSA) is 39.1 Å². The van der Waals surface area contributed by atoms with Crippen LogP contribution in [0.3, 0.4) is 0 Å². The third-order valence-corrected chi connectivity index (χ3v) is 5.47. The van der Waals surface area contributed by atoms with Crippen molar-refractivity contribution in [1.82, 2.24) is 9.78 Å². The standard InChI is InChI=1S/C22H21ClF3N3O/c1-30-16-8-5-14(6-9-16)12-19-17-4-2-3-11-27-21(17)29(28-19)20-10-7-15(23)13-18(20)22(24,25)26/h5-10,13,27H,2-4,11-12H2,1H3. The van der Waals surface area contributed by atoms with Crippen molar-refractivity contribution in [2.75, 3.05) is 19.0 Å². The first-order chi connectivity index (χ1) is 14.4. The summed E-state index contributed by atoms with van der Waals surface area (Å²) >= 11 is 5.86. The Hall–Kier alpha value is -2.67. The summed E-state index contributed by atoms with van der Waals surface area (Å²) < 4.78 is 47.7. The van der Waals surface area contributed by atoms with Crippen molar-refractivity contribution >= 4 is 17.4 Å². The predicted octanol–water partition coefficient (Wildman–Crippen LogP) is 5.89. The van der Waals surface area contributed by atoms with Crippen LogP contribution in [0.2, 0.25) is 5.02 Å². The number of nitrogens with one attached hydrogen (secondary N) is 1. The summed E-state index contributed by atoms with van der Waals surface area (Å²) in [6.45, 7) is 0.690. The monoisotopic (exact) mass is 435 g/mol. The molecule has 4 rings (SSSR count). The van der Waals surface area contributed by atoms with Gasteiger partial charge in [-0.25, -0.2) is 4.68 Å². The van der Waals surface area contributed by atoms with Gasteiger partial charge in [-0.2, -0.15) is 18.3 Å². The van der Waals surface area contributed by atoms with Crippen molar-refractivity contribution in [2.45, 2.75) is 31.9 Å². The molecule has 1 N–H and O–H groups in total. The number of halogens is 4. The summed E-state index contributed by atoms with van der Waals surface area (Å²) in [5.41, 5.74) is 1.92. The molecule has 1 aliphatic heterocycles. The number of aromatic nitrogens is 2. The predicted molar refractivity (Wildman–Crippen MR) is 111 cm³/mol. The second-order valence-electron chi connectivity index (χ2n) is 7.25. The summed E-state index contributed by atoms with van der Waals surface area (Å²) in [6, 6.07) is 11.4. The number of ether oxygens (including phenoxy) is 1. The van der Waals surface area contributed by atoms with Crippen LogP contribution in [0.15, 0.2) is 42.5 Å². The van der Waals surface area contributed by atoms with E-state index in [4.69, 9.17) is 16.3 Å². The molecular weight excluding hydrogens is 415 g/mol. The number of benzene rings is 2. The van der Waals surface area contributed by atoms with Crippen LogP contribution < -0.4 is 10.1 Å². The number of hydrogen-bond acceptors (Lipinski definition) is 3. The molecule has 1 aromatic heterocycles. The zero-order chi connectivity index (χ0) is 21.3. The van der Waals surface area contributed by atoms with Crippen LogP contribution in [0.4, 0.5) is 19.0 Å². The molecule has 0 unspecified atom stereocenters. The Bertz CT molecular complexity index is 1050. The maximum atomic E-state index is 13.7. The second-order valence-corrected chi connectivity index (χ2v) is 7.69. The molecule has 0 spiro atoms. The molecule has 3 aromatic rings. The molecule has 158 valence electrons. The zero-order valence-corrected chi connectivity index (χ0v) is 17.1. The number of nitrogens with zero attached hydrogens (tertiary/aromatic N) is 2. The fraction of sp³-hybridized carbons (Fsp3) is 0.318. The van der Waals surface area contributed by atoms with Gasteiger partial charge in [-0.05, 0) is 55.2 Å². The van der Waals surface area contributed by atoms with Gasteiger partial charge < -0.3 is 10.1 Å². The SMILES string of the molecule is COc1ccc(Cc2nn(-c3ccc(Cl)cc3C(F)(F)F)c3c2CCCCN3)cc1. The van der Waals surface area contributed by atoms with Crippen LogP contribution in [-0.2, 0) is 19.0 Å². The molecule has 0 radical (unpaired) electrons. The average Bonchev–Trinajstić information content (AvgIpc) is 2.89. The van der Waals surface area contributed by atoms with Crippen LogP contribution >= 0.6 is 11.6 Å². The molecule has 4 nitrogen and oxygen atoms in total. The van der Waals surface area contributed by atoms with Crippen molar-refractivity contribution in [3.05, 3.63) is 69.9 Å². The number of methoxy groups -OCH3 is 1. The first-order valence-electron chi connectivity index (χ1n) is 9.71. The smallest absolute Gasteiger partial charge is 0.418 e. The van der Waals surface area contributed by atoms with E-state index in [-0.39, 0.29) is 10.7 Å². The second kappa shape index (κ2) is 8.22. The van der Waals surface area contributed by atoms with Gasteiger partial charge in [0.1, 0.15) is 11.6 Å². The minimum absolute atomic E-state index is 0.0291. The molecule has 0 saturated carbocycles. The molecule has 0 fully saturated rings. The summed E-state index contributed by atoms with van der Waals surface area (Å²) in [5, 5.41) is 7.95. The summed E-state index contributed by atoms with van der Waals surface area (Å²) in [5.74, 6) is 1.38. The Morgan fingerprint density at radius 2 is 1.90 bits per heavy atom. The third kappa shape index (κ3) is 4.12. The minimum Gasteiger partial charge on any atom is -0.497 e. The molecule has 1 aliphatic rings. The average molecular weight is 436 g/mol. The van der Waals surface area contributed by atoms with Gasteiger partial charge in [0, 0.05) is 23.6 Å². The van der Waals surface area contributed by atoms with Gasteiger partial charge in [0.25, 0.3) is 0 Å². The lowest BCUT2D eigenvalue weighted by atomic mass is 10.0. The van der Waals surface area contributed by atoms with Gasteiger partial charge in [0.15, 0.2) is 0 Å². The van der Waals surface area contributed by atoms with E-state index in [1.165, 1.54) is 16.8 Å². The molecule has 0 bridgehead atoms. The lowest BCUT2D eigenvalue weighted by Crippen LogP contribution is -2.14. The number of fused-ring (bicyclic) bond motifs is 1. The first-order valence-corrected chi connectivity index (χ1v) is 10.1. The highest BCUT2D eigenvalue weighted by molar-refractivity contribution is 6.30. The molecule has 8 heteroatoms. The van der Waals surface area contributed by atoms with Gasteiger partial charge in [0.05, 0.1) is 24.1 Å². The summed E-state index contributed by atoms with van der Waals surface area (Å²) in [4.78, 5) is 0. The molecule has 30 heavy (non-hydrogen) atoms. The largest absolute Gasteiger partial charge is 0.497 e. The van der Waals surface area contributed by atoms with Crippen molar-refractivity contribution in [3.8, 4) is 11.4 Å². The van der Waals surface area contributed by atoms with Crippen LogP contribution in [0.5, 0.6) is 5.75 Å². The van der Waals surface area contributed by atoms with E-state index in [1.807, 2.05) is 24.3 Å². The lowest BCUT2D eigenvalue weighted by molar-refractivity contribution is -0.137. The Kier molecular flexibility index (Phi) is 5.64. The highest BCUT2D eigenvalue weighted by atomic mass is 35.5. The highest BCUT2D eigenvalue weighted by Gasteiger charge is 2.35. The van der Waals surface area contributed by atoms with E-state index in [2.05, 4.69) is 10.4 Å². The van der Waals surface area contributed by atoms with E-state index in [0.29, 0.717) is 18.8 Å². The van der Waals surface area contributed by atoms with Gasteiger partial charge in [0.2, 0.25) is 0 Å². The normalized spacial score (nSPS) is 14.0. The Labute approximate surface area is 177 Å². The number of alkyl halides is 3. The van der Waals surface area contributed by atoms with Crippen molar-refractivity contribution in [2.24, 2.45) is 0 Å². The lowest BCUT2D eigenvalue weighted by Gasteiger charge is -2.16. The van der Waals surface area contributed by atoms with Crippen molar-refractivity contribution < 1.29 is 17.9 Å². The maximum absolute atomic E-state index is 13.7. The van der Waals surface area contributed by atoms with Gasteiger partial charge in [-0.3, -0.25) is 0 Å². The van der Waals surface area contributed by atoms with Crippen LogP contribution in [-0.4, -0.2) is 23.4 Å². The molecule has 0 atom stereocenters. The van der Waals surface area contributed by atoms with E-state index in [1.54, 1.807) is 7.11 Å². The fourth-order valence-corrected chi connectivity index (χ4v) is 3.92. The van der Waals surface area contributed by atoms with Gasteiger partial charge in [-0.1, -0.05) is 23.7 Å². The summed E-state index contributed by atoms with van der Waals surface area (Å²) in [7, 11) is 1.60. The molecule has 0 amide bonds. The van der Waals surface area contributed by atoms with Crippen LogP contribution in [0, 0.1) is 0 Å².